The van der Waals surface area contributed by atoms with E-state index in [4.69, 9.17) is 4.74 Å². The Bertz CT molecular complexity index is 1410. The zero-order valence-electron chi connectivity index (χ0n) is 19.3. The van der Waals surface area contributed by atoms with E-state index in [2.05, 4.69) is 27.3 Å². The summed E-state index contributed by atoms with van der Waals surface area (Å²) in [5.74, 6) is -1.29. The number of nitrogens with one attached hydrogen (secondary N) is 1. The first-order valence-corrected chi connectivity index (χ1v) is 11.6. The predicted octanol–water partition coefficient (Wildman–Crippen LogP) is 5.22. The molecular weight excluding hydrogens is 530 g/mol. The molecule has 4 rings (SSSR count). The minimum Gasteiger partial charge on any atom is -0.488 e. The number of hydrogen-bond donors (Lipinski definition) is 1. The highest BCUT2D eigenvalue weighted by Crippen LogP contribution is 2.29. The Morgan fingerprint density at radius 1 is 1.00 bits per heavy atom. The smallest absolute Gasteiger partial charge is 0.335 e. The van der Waals surface area contributed by atoms with Crippen LogP contribution >= 0.6 is 15.9 Å². The monoisotopic (exact) mass is 549 g/mol. The third kappa shape index (κ3) is 5.33. The van der Waals surface area contributed by atoms with Crippen molar-refractivity contribution in [3.63, 3.8) is 0 Å². The van der Waals surface area contributed by atoms with Crippen LogP contribution in [0, 0.1) is 24.0 Å². The number of non-ortho nitro benzene ring substituents is 1. The largest absolute Gasteiger partial charge is 0.488 e. The number of imide groups is 2. The van der Waals surface area contributed by atoms with Crippen molar-refractivity contribution in [1.29, 1.82) is 0 Å². The highest BCUT2D eigenvalue weighted by Gasteiger charge is 2.37. The summed E-state index contributed by atoms with van der Waals surface area (Å²) in [6, 6.07) is 15.2. The number of amides is 4. The van der Waals surface area contributed by atoms with E-state index in [9.17, 15) is 24.5 Å². The number of barbiturate groups is 1. The fraction of sp³-hybridized carbons (Fsp3) is 0.115. The molecule has 0 aromatic heterocycles. The summed E-state index contributed by atoms with van der Waals surface area (Å²) in [5, 5.41) is 13.1. The van der Waals surface area contributed by atoms with E-state index < -0.39 is 22.8 Å². The Morgan fingerprint density at radius 3 is 2.31 bits per heavy atom. The van der Waals surface area contributed by atoms with E-state index in [1.807, 2.05) is 26.0 Å². The number of hydrogen-bond acceptors (Lipinski definition) is 6. The highest BCUT2D eigenvalue weighted by molar-refractivity contribution is 9.10. The summed E-state index contributed by atoms with van der Waals surface area (Å²) in [4.78, 5) is 49.3. The molecule has 1 saturated heterocycles. The van der Waals surface area contributed by atoms with E-state index in [1.165, 1.54) is 30.3 Å². The summed E-state index contributed by atoms with van der Waals surface area (Å²) in [6.45, 7) is 4.27. The first-order valence-electron chi connectivity index (χ1n) is 10.8. The number of ether oxygens (including phenoxy) is 1. The maximum atomic E-state index is 13.2. The van der Waals surface area contributed by atoms with Crippen molar-refractivity contribution in [1.82, 2.24) is 5.32 Å². The van der Waals surface area contributed by atoms with Gasteiger partial charge in [0.15, 0.2) is 0 Å². The number of carbonyl (C=O) groups is 3. The van der Waals surface area contributed by atoms with E-state index in [-0.39, 0.29) is 23.6 Å². The normalized spacial score (nSPS) is 14.7. The van der Waals surface area contributed by atoms with Gasteiger partial charge in [0.1, 0.15) is 17.9 Å². The molecule has 1 aliphatic rings. The lowest BCUT2D eigenvalue weighted by molar-refractivity contribution is -0.384. The predicted molar refractivity (Wildman–Crippen MR) is 136 cm³/mol. The maximum Gasteiger partial charge on any atom is 0.335 e. The third-order valence-corrected chi connectivity index (χ3v) is 5.86. The number of halogens is 1. The summed E-state index contributed by atoms with van der Waals surface area (Å²) in [6.07, 6.45) is 1.35. The first-order chi connectivity index (χ1) is 17.1. The lowest BCUT2D eigenvalue weighted by Crippen LogP contribution is -2.54. The third-order valence-electron chi connectivity index (χ3n) is 5.37. The molecule has 0 unspecified atom stereocenters. The van der Waals surface area contributed by atoms with Crippen LogP contribution in [-0.2, 0) is 16.2 Å². The zero-order chi connectivity index (χ0) is 26.0. The summed E-state index contributed by atoms with van der Waals surface area (Å²) >= 11 is 3.39. The standard InChI is InChI=1S/C26H20BrN3O6/c1-15-9-16(2)11-17(10-15)14-36-23-8-3-19(27)12-18(23)13-22-24(31)28-26(33)29(25(22)32)20-4-6-21(7-5-20)30(34)35/h3-13H,14H2,1-2H3,(H,28,31,33)/b22-13+. The average Bonchev–Trinajstić information content (AvgIpc) is 2.81. The van der Waals surface area contributed by atoms with Gasteiger partial charge in [0, 0.05) is 22.2 Å². The Labute approximate surface area is 214 Å². The van der Waals surface area contributed by atoms with Gasteiger partial charge < -0.3 is 4.74 Å². The Kier molecular flexibility index (Phi) is 6.98. The number of nitro benzene ring substituents is 1. The molecule has 3 aromatic carbocycles. The van der Waals surface area contributed by atoms with Crippen LogP contribution in [0.2, 0.25) is 0 Å². The van der Waals surface area contributed by atoms with Gasteiger partial charge in [-0.3, -0.25) is 25.0 Å². The SMILES string of the molecule is Cc1cc(C)cc(COc2ccc(Br)cc2/C=C2\C(=O)NC(=O)N(c3ccc([N+](=O)[O-])cc3)C2=O)c1. The number of anilines is 1. The molecule has 0 spiro atoms. The van der Waals surface area contributed by atoms with Gasteiger partial charge in [-0.25, -0.2) is 9.69 Å². The summed E-state index contributed by atoms with van der Waals surface area (Å²) in [5.41, 5.74) is 3.22. The molecule has 0 bridgehead atoms. The molecule has 1 N–H and O–H groups in total. The molecule has 0 radical (unpaired) electrons. The number of benzene rings is 3. The molecule has 3 aromatic rings. The second kappa shape index (κ2) is 10.1. The Hall–Kier alpha value is -4.31. The first kappa shape index (κ1) is 24.8. The fourth-order valence-corrected chi connectivity index (χ4v) is 4.23. The van der Waals surface area contributed by atoms with E-state index in [0.29, 0.717) is 15.8 Å². The van der Waals surface area contributed by atoms with Crippen LogP contribution in [0.5, 0.6) is 5.75 Å². The molecule has 10 heteroatoms. The quantitative estimate of drug-likeness (QED) is 0.195. The summed E-state index contributed by atoms with van der Waals surface area (Å²) < 4.78 is 6.71. The fourth-order valence-electron chi connectivity index (χ4n) is 3.85. The van der Waals surface area contributed by atoms with Crippen LogP contribution < -0.4 is 15.0 Å². The van der Waals surface area contributed by atoms with Crippen molar-refractivity contribution in [2.24, 2.45) is 0 Å². The molecule has 1 fully saturated rings. The van der Waals surface area contributed by atoms with Crippen LogP contribution in [0.15, 0.2) is 70.7 Å². The average molecular weight is 550 g/mol. The van der Waals surface area contributed by atoms with Crippen LogP contribution in [0.4, 0.5) is 16.2 Å². The summed E-state index contributed by atoms with van der Waals surface area (Å²) in [7, 11) is 0. The zero-order valence-corrected chi connectivity index (χ0v) is 20.9. The minimum atomic E-state index is -0.948. The molecule has 1 aliphatic heterocycles. The Balaban J connectivity index is 1.66. The van der Waals surface area contributed by atoms with Gasteiger partial charge in [-0.1, -0.05) is 45.3 Å². The Morgan fingerprint density at radius 2 is 1.67 bits per heavy atom. The van der Waals surface area contributed by atoms with Crippen molar-refractivity contribution >= 4 is 51.2 Å². The van der Waals surface area contributed by atoms with Crippen molar-refractivity contribution in [3.8, 4) is 5.75 Å². The molecule has 1 heterocycles. The van der Waals surface area contributed by atoms with Crippen molar-refractivity contribution in [2.45, 2.75) is 20.5 Å². The molecule has 0 aliphatic carbocycles. The van der Waals surface area contributed by atoms with Crippen LogP contribution in [0.3, 0.4) is 0 Å². The van der Waals surface area contributed by atoms with E-state index in [1.54, 1.807) is 18.2 Å². The van der Waals surface area contributed by atoms with Crippen molar-refractivity contribution in [3.05, 3.63) is 103 Å². The van der Waals surface area contributed by atoms with Gasteiger partial charge in [-0.05, 0) is 55.8 Å². The minimum absolute atomic E-state index is 0.0852. The molecule has 9 nitrogen and oxygen atoms in total. The van der Waals surface area contributed by atoms with Crippen LogP contribution in [-0.4, -0.2) is 22.8 Å². The van der Waals surface area contributed by atoms with Crippen molar-refractivity contribution < 1.29 is 24.0 Å². The van der Waals surface area contributed by atoms with E-state index >= 15 is 0 Å². The lowest BCUT2D eigenvalue weighted by Gasteiger charge is -2.26. The number of aryl methyl sites for hydroxylation is 2. The second-order valence-corrected chi connectivity index (χ2v) is 9.11. The molecule has 0 saturated carbocycles. The van der Waals surface area contributed by atoms with Crippen LogP contribution in [0.25, 0.3) is 6.08 Å². The molecule has 36 heavy (non-hydrogen) atoms. The van der Waals surface area contributed by atoms with Crippen LogP contribution in [0.1, 0.15) is 22.3 Å². The number of rotatable bonds is 6. The molecule has 4 amide bonds. The maximum absolute atomic E-state index is 13.2. The molecular formula is C26H20BrN3O6. The van der Waals surface area contributed by atoms with Gasteiger partial charge in [0.25, 0.3) is 17.5 Å². The molecule has 182 valence electrons. The van der Waals surface area contributed by atoms with Gasteiger partial charge >= 0.3 is 6.03 Å². The topological polar surface area (TPSA) is 119 Å². The van der Waals surface area contributed by atoms with Gasteiger partial charge in [-0.15, -0.1) is 0 Å². The van der Waals surface area contributed by atoms with Gasteiger partial charge in [0.05, 0.1) is 10.6 Å². The number of urea groups is 1. The van der Waals surface area contributed by atoms with Gasteiger partial charge in [-0.2, -0.15) is 0 Å². The van der Waals surface area contributed by atoms with Gasteiger partial charge in [0.2, 0.25) is 0 Å². The number of carbonyl (C=O) groups excluding carboxylic acids is 3. The van der Waals surface area contributed by atoms with E-state index in [0.717, 1.165) is 21.6 Å². The number of nitrogens with zero attached hydrogens (tertiary/aromatic N) is 2. The second-order valence-electron chi connectivity index (χ2n) is 8.20. The number of nitro groups is 1. The molecule has 0 atom stereocenters. The highest BCUT2D eigenvalue weighted by atomic mass is 79.9. The lowest BCUT2D eigenvalue weighted by atomic mass is 10.1. The van der Waals surface area contributed by atoms with Crippen molar-refractivity contribution in [2.75, 3.05) is 4.90 Å².